The summed E-state index contributed by atoms with van der Waals surface area (Å²) < 4.78 is 41.1. The summed E-state index contributed by atoms with van der Waals surface area (Å²) in [6.45, 7) is 3.03. The summed E-state index contributed by atoms with van der Waals surface area (Å²) >= 11 is 6.00. The molecule has 2 atom stereocenters. The molecule has 2 unspecified atom stereocenters. The van der Waals surface area contributed by atoms with Gasteiger partial charge in [-0.25, -0.2) is 12.8 Å². The Morgan fingerprint density at radius 3 is 2.68 bits per heavy atom. The number of nitrogens with one attached hydrogen (secondary N) is 1. The van der Waals surface area contributed by atoms with Gasteiger partial charge in [0.2, 0.25) is 10.0 Å². The Kier molecular flexibility index (Phi) is 5.39. The van der Waals surface area contributed by atoms with Crippen molar-refractivity contribution in [1.29, 1.82) is 0 Å². The zero-order valence-electron chi connectivity index (χ0n) is 12.2. The molecule has 1 aromatic rings. The van der Waals surface area contributed by atoms with Crippen LogP contribution in [0.25, 0.3) is 0 Å². The predicted molar refractivity (Wildman–Crippen MR) is 86.7 cm³/mol. The van der Waals surface area contributed by atoms with E-state index >= 15 is 0 Å². The molecule has 0 aromatic heterocycles. The Balaban J connectivity index is 0.00000176. The molecule has 1 N–H and O–H groups in total. The molecule has 0 amide bonds. The minimum Gasteiger partial charge on any atom is -0.315 e. The Morgan fingerprint density at radius 1 is 1.27 bits per heavy atom. The smallest absolute Gasteiger partial charge is 0.245 e. The topological polar surface area (TPSA) is 49.4 Å². The standard InChI is InChI=1S/C14H18ClFN2O2S.ClH/c1-9-6-14(12(15)7-13(9)16)21(19,20)18-10-2-3-11(18)8-17-5-4-10;/h6-7,10-11,17H,2-5,8H2,1H3;1H. The van der Waals surface area contributed by atoms with Gasteiger partial charge in [0.25, 0.3) is 0 Å². The van der Waals surface area contributed by atoms with E-state index in [1.54, 1.807) is 11.2 Å². The van der Waals surface area contributed by atoms with Crippen LogP contribution < -0.4 is 5.32 Å². The number of halogens is 3. The molecular formula is C14H19Cl2FN2O2S. The van der Waals surface area contributed by atoms with Crippen LogP contribution in [-0.2, 0) is 10.0 Å². The number of sulfonamides is 1. The van der Waals surface area contributed by atoms with Gasteiger partial charge in [-0.05, 0) is 50.4 Å². The molecule has 2 saturated heterocycles. The van der Waals surface area contributed by atoms with E-state index in [0.717, 1.165) is 31.9 Å². The van der Waals surface area contributed by atoms with Crippen LogP contribution >= 0.6 is 24.0 Å². The maximum atomic E-state index is 13.5. The quantitative estimate of drug-likeness (QED) is 0.872. The van der Waals surface area contributed by atoms with Gasteiger partial charge in [-0.3, -0.25) is 0 Å². The molecule has 0 radical (unpaired) electrons. The minimum atomic E-state index is -3.70. The van der Waals surface area contributed by atoms with E-state index in [1.807, 2.05) is 0 Å². The molecule has 0 spiro atoms. The first kappa shape index (κ1) is 17.9. The number of aryl methyl sites for hydroxylation is 1. The molecule has 22 heavy (non-hydrogen) atoms. The van der Waals surface area contributed by atoms with Gasteiger partial charge in [0.15, 0.2) is 0 Å². The lowest BCUT2D eigenvalue weighted by atomic mass is 10.1. The second kappa shape index (κ2) is 6.61. The molecule has 0 saturated carbocycles. The lowest BCUT2D eigenvalue weighted by Gasteiger charge is -2.27. The molecule has 2 heterocycles. The largest absolute Gasteiger partial charge is 0.315 e. The third-order valence-corrected chi connectivity index (χ3v) is 6.83. The third-order valence-electron chi connectivity index (χ3n) is 4.36. The summed E-state index contributed by atoms with van der Waals surface area (Å²) in [5, 5.41) is 3.22. The Bertz CT molecular complexity index is 655. The summed E-state index contributed by atoms with van der Waals surface area (Å²) in [5.41, 5.74) is 0.290. The summed E-state index contributed by atoms with van der Waals surface area (Å²) in [5.74, 6) is -0.487. The summed E-state index contributed by atoms with van der Waals surface area (Å²) in [7, 11) is -3.70. The lowest BCUT2D eigenvalue weighted by molar-refractivity contribution is 0.334. The zero-order chi connectivity index (χ0) is 15.2. The van der Waals surface area contributed by atoms with Crippen molar-refractivity contribution < 1.29 is 12.8 Å². The molecule has 2 fully saturated rings. The SMILES string of the molecule is Cc1cc(S(=O)(=O)N2C3CCNCC2CC3)c(Cl)cc1F.Cl. The van der Waals surface area contributed by atoms with Crippen LogP contribution in [0.4, 0.5) is 4.39 Å². The third kappa shape index (κ3) is 2.99. The number of benzene rings is 1. The molecular weight excluding hydrogens is 350 g/mol. The second-order valence-electron chi connectivity index (χ2n) is 5.74. The van der Waals surface area contributed by atoms with Crippen LogP contribution in [0.15, 0.2) is 17.0 Å². The van der Waals surface area contributed by atoms with Crippen molar-refractivity contribution in [3.63, 3.8) is 0 Å². The van der Waals surface area contributed by atoms with Crippen LogP contribution in [0.3, 0.4) is 0 Å². The first-order chi connectivity index (χ1) is 9.91. The van der Waals surface area contributed by atoms with Crippen molar-refractivity contribution in [2.24, 2.45) is 0 Å². The fourth-order valence-electron chi connectivity index (χ4n) is 3.27. The van der Waals surface area contributed by atoms with Crippen LogP contribution in [0.2, 0.25) is 5.02 Å². The highest BCUT2D eigenvalue weighted by Gasteiger charge is 2.43. The summed E-state index contributed by atoms with van der Waals surface area (Å²) in [6.07, 6.45) is 2.53. The average Bonchev–Trinajstić information content (AvgIpc) is 2.68. The van der Waals surface area contributed by atoms with Gasteiger partial charge in [0.05, 0.1) is 5.02 Å². The average molecular weight is 369 g/mol. The van der Waals surface area contributed by atoms with Gasteiger partial charge >= 0.3 is 0 Å². The normalized spacial score (nSPS) is 25.6. The maximum absolute atomic E-state index is 13.5. The van der Waals surface area contributed by atoms with E-state index in [9.17, 15) is 12.8 Å². The number of fused-ring (bicyclic) bond motifs is 2. The van der Waals surface area contributed by atoms with Gasteiger partial charge in [0.1, 0.15) is 10.7 Å². The fourth-order valence-corrected chi connectivity index (χ4v) is 5.75. The second-order valence-corrected chi connectivity index (χ2v) is 7.96. The Hall–Kier alpha value is -0.400. The Labute approximate surface area is 141 Å². The number of nitrogens with zero attached hydrogens (tertiary/aromatic N) is 1. The molecule has 2 aliphatic rings. The van der Waals surface area contributed by atoms with E-state index in [0.29, 0.717) is 12.1 Å². The number of rotatable bonds is 2. The first-order valence-electron chi connectivity index (χ1n) is 7.11. The van der Waals surface area contributed by atoms with Crippen molar-refractivity contribution in [3.8, 4) is 0 Å². The van der Waals surface area contributed by atoms with Gasteiger partial charge in [0, 0.05) is 18.6 Å². The van der Waals surface area contributed by atoms with Crippen LogP contribution in [-0.4, -0.2) is 37.9 Å². The Morgan fingerprint density at radius 2 is 1.95 bits per heavy atom. The van der Waals surface area contributed by atoms with E-state index in [-0.39, 0.29) is 34.4 Å². The minimum absolute atomic E-state index is 0. The van der Waals surface area contributed by atoms with Crippen LogP contribution in [0.1, 0.15) is 24.8 Å². The van der Waals surface area contributed by atoms with E-state index in [2.05, 4.69) is 5.32 Å². The molecule has 4 nitrogen and oxygen atoms in total. The van der Waals surface area contributed by atoms with Crippen LogP contribution in [0, 0.1) is 12.7 Å². The molecule has 2 aliphatic heterocycles. The van der Waals surface area contributed by atoms with E-state index in [4.69, 9.17) is 11.6 Å². The van der Waals surface area contributed by atoms with Crippen LogP contribution in [0.5, 0.6) is 0 Å². The summed E-state index contributed by atoms with van der Waals surface area (Å²) in [6, 6.07) is 2.40. The number of hydrogen-bond donors (Lipinski definition) is 1. The first-order valence-corrected chi connectivity index (χ1v) is 8.93. The molecule has 0 aliphatic carbocycles. The molecule has 124 valence electrons. The molecule has 2 bridgehead atoms. The molecule has 8 heteroatoms. The van der Waals surface area contributed by atoms with Crippen molar-refractivity contribution in [2.45, 2.75) is 43.2 Å². The van der Waals surface area contributed by atoms with Crippen molar-refractivity contribution in [2.75, 3.05) is 13.1 Å². The zero-order valence-corrected chi connectivity index (χ0v) is 14.6. The van der Waals surface area contributed by atoms with Crippen molar-refractivity contribution >= 4 is 34.0 Å². The monoisotopic (exact) mass is 368 g/mol. The van der Waals surface area contributed by atoms with Gasteiger partial charge < -0.3 is 5.32 Å². The van der Waals surface area contributed by atoms with Gasteiger partial charge in [-0.15, -0.1) is 12.4 Å². The lowest BCUT2D eigenvalue weighted by Crippen LogP contribution is -2.42. The fraction of sp³-hybridized carbons (Fsp3) is 0.571. The highest BCUT2D eigenvalue weighted by molar-refractivity contribution is 7.89. The number of hydrogen-bond acceptors (Lipinski definition) is 3. The van der Waals surface area contributed by atoms with Crippen molar-refractivity contribution in [1.82, 2.24) is 9.62 Å². The molecule has 3 rings (SSSR count). The van der Waals surface area contributed by atoms with E-state index in [1.165, 1.54) is 6.07 Å². The predicted octanol–water partition coefficient (Wildman–Crippen LogP) is 2.72. The summed E-state index contributed by atoms with van der Waals surface area (Å²) in [4.78, 5) is 0.0156. The van der Waals surface area contributed by atoms with Crippen molar-refractivity contribution in [3.05, 3.63) is 28.5 Å². The van der Waals surface area contributed by atoms with Gasteiger partial charge in [-0.2, -0.15) is 4.31 Å². The van der Waals surface area contributed by atoms with Gasteiger partial charge in [-0.1, -0.05) is 11.6 Å². The highest BCUT2D eigenvalue weighted by atomic mass is 35.5. The van der Waals surface area contributed by atoms with E-state index < -0.39 is 15.8 Å². The maximum Gasteiger partial charge on any atom is 0.245 e. The highest BCUT2D eigenvalue weighted by Crippen LogP contribution is 2.36. The molecule has 1 aromatic carbocycles.